The third kappa shape index (κ3) is 3.70. The van der Waals surface area contributed by atoms with Gasteiger partial charge >= 0.3 is 12.3 Å². The maximum atomic E-state index is 10.4. The fourth-order valence-corrected chi connectivity index (χ4v) is 0.951. The second-order valence-electron chi connectivity index (χ2n) is 2.60. The minimum atomic E-state index is -1.55. The lowest BCUT2D eigenvalue weighted by Gasteiger charge is -2.04. The van der Waals surface area contributed by atoms with Gasteiger partial charge in [-0.3, -0.25) is 0 Å². The van der Waals surface area contributed by atoms with Crippen molar-refractivity contribution < 1.29 is 29.3 Å². The summed E-state index contributed by atoms with van der Waals surface area (Å²) in [5.41, 5.74) is 0.395. The Balaban J connectivity index is 2.91. The standard InChI is InChI=1S/C10H8O6/c11-9(12)15-6-8(16-10(13)14)7-4-2-1-3-5-7/h1-6H,(H,11,12)(H,13,14)/b8-6-. The SMILES string of the molecule is O=C(O)O/C=C(\OC(=O)O)c1ccccc1. The zero-order valence-electron chi connectivity index (χ0n) is 7.99. The second kappa shape index (κ2) is 5.40. The van der Waals surface area contributed by atoms with E-state index < -0.39 is 12.3 Å². The van der Waals surface area contributed by atoms with E-state index >= 15 is 0 Å². The van der Waals surface area contributed by atoms with Crippen molar-refractivity contribution in [2.75, 3.05) is 0 Å². The summed E-state index contributed by atoms with van der Waals surface area (Å²) >= 11 is 0. The summed E-state index contributed by atoms with van der Waals surface area (Å²) in [6.07, 6.45) is -2.39. The van der Waals surface area contributed by atoms with Crippen molar-refractivity contribution in [1.82, 2.24) is 0 Å². The van der Waals surface area contributed by atoms with Crippen LogP contribution in [-0.4, -0.2) is 22.5 Å². The van der Waals surface area contributed by atoms with E-state index in [1.807, 2.05) is 0 Å². The fourth-order valence-electron chi connectivity index (χ4n) is 0.951. The molecule has 0 atom stereocenters. The lowest BCUT2D eigenvalue weighted by molar-refractivity contribution is 0.119. The van der Waals surface area contributed by atoms with E-state index in [9.17, 15) is 9.59 Å². The Kier molecular flexibility index (Phi) is 3.90. The fraction of sp³-hybridized carbons (Fsp3) is 0. The van der Waals surface area contributed by atoms with E-state index in [-0.39, 0.29) is 5.76 Å². The summed E-state index contributed by atoms with van der Waals surface area (Å²) in [5.74, 6) is -0.199. The maximum Gasteiger partial charge on any atom is 0.511 e. The average molecular weight is 224 g/mol. The highest BCUT2D eigenvalue weighted by Crippen LogP contribution is 2.15. The van der Waals surface area contributed by atoms with Crippen LogP contribution in [0.3, 0.4) is 0 Å². The van der Waals surface area contributed by atoms with E-state index in [0.29, 0.717) is 11.8 Å². The van der Waals surface area contributed by atoms with Crippen molar-refractivity contribution in [3.05, 3.63) is 42.2 Å². The summed E-state index contributed by atoms with van der Waals surface area (Å²) < 4.78 is 8.50. The molecule has 0 aromatic heterocycles. The minimum absolute atomic E-state index is 0.199. The zero-order valence-corrected chi connectivity index (χ0v) is 7.99. The van der Waals surface area contributed by atoms with Gasteiger partial charge in [0.25, 0.3) is 0 Å². The van der Waals surface area contributed by atoms with Crippen molar-refractivity contribution in [1.29, 1.82) is 0 Å². The number of hydrogen-bond donors (Lipinski definition) is 2. The molecule has 0 heterocycles. The summed E-state index contributed by atoms with van der Waals surface area (Å²) in [7, 11) is 0. The van der Waals surface area contributed by atoms with Gasteiger partial charge in [0.2, 0.25) is 0 Å². The van der Waals surface area contributed by atoms with Crippen LogP contribution in [0.4, 0.5) is 9.59 Å². The van der Waals surface area contributed by atoms with Gasteiger partial charge in [-0.15, -0.1) is 0 Å². The first-order valence-electron chi connectivity index (χ1n) is 4.15. The highest BCUT2D eigenvalue weighted by atomic mass is 16.7. The molecule has 6 heteroatoms. The van der Waals surface area contributed by atoms with Gasteiger partial charge in [-0.05, 0) is 0 Å². The summed E-state index contributed by atoms with van der Waals surface area (Å²) in [4.78, 5) is 20.5. The number of carbonyl (C=O) groups is 2. The van der Waals surface area contributed by atoms with Gasteiger partial charge in [0.1, 0.15) is 6.26 Å². The van der Waals surface area contributed by atoms with Crippen molar-refractivity contribution in [3.8, 4) is 0 Å². The van der Waals surface area contributed by atoms with E-state index in [1.165, 1.54) is 0 Å². The minimum Gasteiger partial charge on any atom is -0.449 e. The molecule has 0 amide bonds. The van der Waals surface area contributed by atoms with Crippen molar-refractivity contribution in [3.63, 3.8) is 0 Å². The molecule has 0 saturated carbocycles. The predicted molar refractivity (Wildman–Crippen MR) is 52.6 cm³/mol. The molecule has 0 aliphatic rings. The van der Waals surface area contributed by atoms with E-state index in [1.54, 1.807) is 30.3 Å². The molecule has 0 unspecified atom stereocenters. The molecule has 1 aromatic rings. The Morgan fingerprint density at radius 2 is 1.69 bits per heavy atom. The molecule has 2 N–H and O–H groups in total. The Hall–Kier alpha value is -2.50. The number of benzene rings is 1. The molecule has 0 saturated heterocycles. The quantitative estimate of drug-likeness (QED) is 0.604. The molecule has 0 spiro atoms. The van der Waals surface area contributed by atoms with Gasteiger partial charge < -0.3 is 19.7 Å². The lowest BCUT2D eigenvalue weighted by atomic mass is 10.2. The van der Waals surface area contributed by atoms with Crippen LogP contribution in [0, 0.1) is 0 Å². The van der Waals surface area contributed by atoms with Crippen LogP contribution in [-0.2, 0) is 9.47 Å². The maximum absolute atomic E-state index is 10.4. The van der Waals surface area contributed by atoms with Gasteiger partial charge in [-0.25, -0.2) is 9.59 Å². The predicted octanol–water partition coefficient (Wildman–Crippen LogP) is 2.37. The van der Waals surface area contributed by atoms with E-state index in [2.05, 4.69) is 9.47 Å². The molecule has 84 valence electrons. The molecule has 6 nitrogen and oxygen atoms in total. The van der Waals surface area contributed by atoms with Crippen LogP contribution in [0.15, 0.2) is 36.6 Å². The van der Waals surface area contributed by atoms with Crippen LogP contribution in [0.25, 0.3) is 5.76 Å². The van der Waals surface area contributed by atoms with Gasteiger partial charge in [-0.1, -0.05) is 30.3 Å². The van der Waals surface area contributed by atoms with Crippen LogP contribution >= 0.6 is 0 Å². The van der Waals surface area contributed by atoms with Gasteiger partial charge in [0.15, 0.2) is 5.76 Å². The zero-order chi connectivity index (χ0) is 12.0. The molecule has 1 rings (SSSR count). The highest BCUT2D eigenvalue weighted by Gasteiger charge is 2.09. The Morgan fingerprint density at radius 1 is 1.06 bits per heavy atom. The van der Waals surface area contributed by atoms with Crippen molar-refractivity contribution in [2.45, 2.75) is 0 Å². The Bertz CT molecular complexity index is 409. The molecule has 0 aliphatic carbocycles. The molecule has 0 aliphatic heterocycles. The second-order valence-corrected chi connectivity index (χ2v) is 2.60. The molecule has 1 aromatic carbocycles. The molecular weight excluding hydrogens is 216 g/mol. The average Bonchev–Trinajstić information content (AvgIpc) is 2.25. The monoisotopic (exact) mass is 224 g/mol. The highest BCUT2D eigenvalue weighted by molar-refractivity contribution is 5.72. The molecule has 0 fully saturated rings. The van der Waals surface area contributed by atoms with Crippen molar-refractivity contribution in [2.24, 2.45) is 0 Å². The van der Waals surface area contributed by atoms with E-state index in [0.717, 1.165) is 0 Å². The van der Waals surface area contributed by atoms with Gasteiger partial charge in [0.05, 0.1) is 0 Å². The number of rotatable bonds is 3. The van der Waals surface area contributed by atoms with Gasteiger partial charge in [-0.2, -0.15) is 0 Å². The smallest absolute Gasteiger partial charge is 0.449 e. The lowest BCUT2D eigenvalue weighted by Crippen LogP contribution is -2.02. The molecule has 0 radical (unpaired) electrons. The van der Waals surface area contributed by atoms with Crippen LogP contribution in [0.5, 0.6) is 0 Å². The third-order valence-electron chi connectivity index (χ3n) is 1.52. The number of carboxylic acid groups (broad SMARTS) is 2. The number of ether oxygens (including phenoxy) is 2. The Labute approximate surface area is 90.3 Å². The summed E-state index contributed by atoms with van der Waals surface area (Å²) in [6, 6.07) is 8.13. The van der Waals surface area contributed by atoms with Crippen molar-refractivity contribution >= 4 is 18.1 Å². The Morgan fingerprint density at radius 3 is 2.19 bits per heavy atom. The topological polar surface area (TPSA) is 93.1 Å². The third-order valence-corrected chi connectivity index (χ3v) is 1.52. The van der Waals surface area contributed by atoms with Gasteiger partial charge in [0, 0.05) is 5.56 Å². The largest absolute Gasteiger partial charge is 0.511 e. The van der Waals surface area contributed by atoms with E-state index in [4.69, 9.17) is 10.2 Å². The van der Waals surface area contributed by atoms with Crippen LogP contribution in [0.1, 0.15) is 5.56 Å². The number of hydrogen-bond acceptors (Lipinski definition) is 4. The normalized spacial score (nSPS) is 10.6. The van der Waals surface area contributed by atoms with Crippen LogP contribution < -0.4 is 0 Å². The molecular formula is C10H8O6. The summed E-state index contributed by atoms with van der Waals surface area (Å²) in [6.45, 7) is 0. The molecule has 16 heavy (non-hydrogen) atoms. The molecule has 0 bridgehead atoms. The van der Waals surface area contributed by atoms with Crippen LogP contribution in [0.2, 0.25) is 0 Å². The summed E-state index contributed by atoms with van der Waals surface area (Å²) in [5, 5.41) is 16.7. The first-order chi connectivity index (χ1) is 7.59. The first-order valence-corrected chi connectivity index (χ1v) is 4.15. The first kappa shape index (κ1) is 11.6.